The van der Waals surface area contributed by atoms with Crippen LogP contribution in [0.25, 0.3) is 0 Å². The number of carbonyl (C=O) groups excluding carboxylic acids is 3. The van der Waals surface area contributed by atoms with E-state index >= 15 is 0 Å². The molecule has 1 aliphatic heterocycles. The van der Waals surface area contributed by atoms with Crippen LogP contribution in [0.2, 0.25) is 5.02 Å². The Morgan fingerprint density at radius 3 is 2.68 bits per heavy atom. The number of hydrogen-bond donors (Lipinski definition) is 2. The van der Waals surface area contributed by atoms with Gasteiger partial charge in [-0.25, -0.2) is 4.79 Å². The Kier molecular flexibility index (Phi) is 6.88. The number of ether oxygens (including phenoxy) is 3. The lowest BCUT2D eigenvalue weighted by atomic mass is 10.2. The van der Waals surface area contributed by atoms with Crippen molar-refractivity contribution >= 4 is 29.4 Å². The van der Waals surface area contributed by atoms with E-state index in [1.165, 1.54) is 12.1 Å². The molecule has 0 atom stereocenters. The summed E-state index contributed by atoms with van der Waals surface area (Å²) in [5, 5.41) is 5.20. The molecule has 1 aromatic carbocycles. The van der Waals surface area contributed by atoms with E-state index in [0.29, 0.717) is 31.3 Å². The second-order valence-corrected chi connectivity index (χ2v) is 5.59. The van der Waals surface area contributed by atoms with Crippen molar-refractivity contribution in [3.8, 4) is 11.5 Å². The third-order valence-corrected chi connectivity index (χ3v) is 3.47. The Morgan fingerprint density at radius 1 is 1.16 bits per heavy atom. The molecule has 0 aliphatic carbocycles. The highest BCUT2D eigenvalue weighted by molar-refractivity contribution is 6.32. The van der Waals surface area contributed by atoms with Crippen molar-refractivity contribution in [2.24, 2.45) is 0 Å². The fourth-order valence-electron chi connectivity index (χ4n) is 2.00. The first-order chi connectivity index (χ1) is 12.0. The van der Waals surface area contributed by atoms with Gasteiger partial charge in [-0.05, 0) is 18.6 Å². The molecule has 0 spiro atoms. The van der Waals surface area contributed by atoms with Crippen molar-refractivity contribution in [2.45, 2.75) is 13.3 Å². The van der Waals surface area contributed by atoms with Gasteiger partial charge in [0.1, 0.15) is 13.2 Å². The SMILES string of the molecule is CCCNC(=O)CNC(=O)COC(=O)c1cc(Cl)c2c(c1)OCCO2. The molecule has 1 aromatic rings. The minimum atomic E-state index is -0.732. The van der Waals surface area contributed by atoms with Crippen LogP contribution in [0.3, 0.4) is 0 Å². The highest BCUT2D eigenvalue weighted by atomic mass is 35.5. The van der Waals surface area contributed by atoms with Gasteiger partial charge in [0.2, 0.25) is 5.91 Å². The summed E-state index contributed by atoms with van der Waals surface area (Å²) in [6.45, 7) is 2.50. The molecule has 0 bridgehead atoms. The van der Waals surface area contributed by atoms with Crippen molar-refractivity contribution < 1.29 is 28.6 Å². The number of fused-ring (bicyclic) bond motifs is 1. The molecule has 2 N–H and O–H groups in total. The third-order valence-electron chi connectivity index (χ3n) is 3.19. The summed E-state index contributed by atoms with van der Waals surface area (Å²) in [6.07, 6.45) is 0.801. The lowest BCUT2D eigenvalue weighted by molar-refractivity contribution is -0.127. The Morgan fingerprint density at radius 2 is 1.92 bits per heavy atom. The summed E-state index contributed by atoms with van der Waals surface area (Å²) in [6, 6.07) is 2.83. The number of benzene rings is 1. The Labute approximate surface area is 149 Å². The average Bonchev–Trinajstić information content (AvgIpc) is 2.62. The summed E-state index contributed by atoms with van der Waals surface area (Å²) >= 11 is 6.04. The van der Waals surface area contributed by atoms with Crippen molar-refractivity contribution in [1.29, 1.82) is 0 Å². The van der Waals surface area contributed by atoms with Crippen LogP contribution < -0.4 is 20.1 Å². The monoisotopic (exact) mass is 370 g/mol. The van der Waals surface area contributed by atoms with E-state index in [1.807, 2.05) is 6.92 Å². The van der Waals surface area contributed by atoms with Gasteiger partial charge >= 0.3 is 5.97 Å². The van der Waals surface area contributed by atoms with Crippen molar-refractivity contribution in [2.75, 3.05) is 32.9 Å². The van der Waals surface area contributed by atoms with Crippen LogP contribution in [0.1, 0.15) is 23.7 Å². The molecule has 9 heteroatoms. The van der Waals surface area contributed by atoms with E-state index in [2.05, 4.69) is 10.6 Å². The molecule has 0 radical (unpaired) electrons. The van der Waals surface area contributed by atoms with Crippen molar-refractivity contribution in [1.82, 2.24) is 10.6 Å². The van der Waals surface area contributed by atoms with E-state index in [-0.39, 0.29) is 23.0 Å². The molecule has 25 heavy (non-hydrogen) atoms. The quantitative estimate of drug-likeness (QED) is 0.691. The predicted molar refractivity (Wildman–Crippen MR) is 89.0 cm³/mol. The minimum absolute atomic E-state index is 0.141. The molecule has 0 fully saturated rings. The molecule has 8 nitrogen and oxygen atoms in total. The van der Waals surface area contributed by atoms with Gasteiger partial charge < -0.3 is 24.8 Å². The number of hydrogen-bond acceptors (Lipinski definition) is 6. The van der Waals surface area contributed by atoms with Gasteiger partial charge in [-0.15, -0.1) is 0 Å². The number of rotatable bonds is 7. The number of halogens is 1. The minimum Gasteiger partial charge on any atom is -0.486 e. The zero-order valence-electron chi connectivity index (χ0n) is 13.7. The first-order valence-electron chi connectivity index (χ1n) is 7.81. The topological polar surface area (TPSA) is 103 Å². The number of nitrogens with one attached hydrogen (secondary N) is 2. The second kappa shape index (κ2) is 9.12. The Balaban J connectivity index is 1.83. The second-order valence-electron chi connectivity index (χ2n) is 5.19. The molecule has 136 valence electrons. The number of amides is 2. The zero-order valence-corrected chi connectivity index (χ0v) is 14.5. The van der Waals surface area contributed by atoms with Crippen molar-refractivity contribution in [3.63, 3.8) is 0 Å². The molecule has 2 rings (SSSR count). The molecule has 0 saturated carbocycles. The highest BCUT2D eigenvalue weighted by Crippen LogP contribution is 2.38. The fraction of sp³-hybridized carbons (Fsp3) is 0.438. The van der Waals surface area contributed by atoms with E-state index in [0.717, 1.165) is 6.42 Å². The summed E-state index contributed by atoms with van der Waals surface area (Å²) in [7, 11) is 0. The number of carbonyl (C=O) groups is 3. The maximum atomic E-state index is 12.0. The third kappa shape index (κ3) is 5.53. The maximum absolute atomic E-state index is 12.0. The smallest absolute Gasteiger partial charge is 0.338 e. The largest absolute Gasteiger partial charge is 0.486 e. The first kappa shape index (κ1) is 18.9. The summed E-state index contributed by atoms with van der Waals surface area (Å²) < 4.78 is 15.6. The maximum Gasteiger partial charge on any atom is 0.338 e. The van der Waals surface area contributed by atoms with Crippen LogP contribution in [-0.4, -0.2) is 50.7 Å². The lowest BCUT2D eigenvalue weighted by Gasteiger charge is -2.19. The summed E-state index contributed by atoms with van der Waals surface area (Å²) in [5.41, 5.74) is 0.141. The number of esters is 1. The van der Waals surface area contributed by atoms with Gasteiger partial charge in [-0.2, -0.15) is 0 Å². The summed E-state index contributed by atoms with van der Waals surface area (Å²) in [5.74, 6) is -0.892. The summed E-state index contributed by atoms with van der Waals surface area (Å²) in [4.78, 5) is 35.0. The Bertz CT molecular complexity index is 664. The molecule has 2 amide bonds. The van der Waals surface area contributed by atoms with Crippen LogP contribution in [0.15, 0.2) is 12.1 Å². The average molecular weight is 371 g/mol. The molecular weight excluding hydrogens is 352 g/mol. The molecule has 0 aromatic heterocycles. The molecule has 1 heterocycles. The van der Waals surface area contributed by atoms with Gasteiger partial charge in [0, 0.05) is 6.54 Å². The lowest BCUT2D eigenvalue weighted by Crippen LogP contribution is -2.38. The van der Waals surface area contributed by atoms with Gasteiger partial charge in [0.25, 0.3) is 5.91 Å². The van der Waals surface area contributed by atoms with Gasteiger partial charge in [-0.3, -0.25) is 9.59 Å². The zero-order chi connectivity index (χ0) is 18.2. The van der Waals surface area contributed by atoms with Gasteiger partial charge in [0.05, 0.1) is 17.1 Å². The first-order valence-corrected chi connectivity index (χ1v) is 8.18. The van der Waals surface area contributed by atoms with Crippen LogP contribution in [0, 0.1) is 0 Å². The molecule has 0 saturated heterocycles. The molecule has 1 aliphatic rings. The molecule has 0 unspecified atom stereocenters. The van der Waals surface area contributed by atoms with Crippen LogP contribution in [0.5, 0.6) is 11.5 Å². The molecular formula is C16H19ClN2O6. The predicted octanol–water partition coefficient (Wildman–Crippen LogP) is 0.910. The fourth-order valence-corrected chi connectivity index (χ4v) is 2.27. The van der Waals surface area contributed by atoms with Crippen LogP contribution >= 0.6 is 11.6 Å². The highest BCUT2D eigenvalue weighted by Gasteiger charge is 2.20. The van der Waals surface area contributed by atoms with E-state index in [9.17, 15) is 14.4 Å². The normalized spacial score (nSPS) is 12.2. The van der Waals surface area contributed by atoms with Crippen LogP contribution in [0.4, 0.5) is 0 Å². The Hall–Kier alpha value is -2.48. The van der Waals surface area contributed by atoms with E-state index < -0.39 is 18.5 Å². The van der Waals surface area contributed by atoms with Gasteiger partial charge in [0.15, 0.2) is 18.1 Å². The van der Waals surface area contributed by atoms with Crippen LogP contribution in [-0.2, 0) is 14.3 Å². The van der Waals surface area contributed by atoms with E-state index in [1.54, 1.807) is 0 Å². The van der Waals surface area contributed by atoms with Crippen molar-refractivity contribution in [3.05, 3.63) is 22.7 Å². The standard InChI is InChI=1S/C16H19ClN2O6/c1-2-3-18-13(20)8-19-14(21)9-25-16(22)10-6-11(17)15-12(7-10)23-4-5-24-15/h6-7H,2-5,8-9H2,1H3,(H,18,20)(H,19,21). The van der Waals surface area contributed by atoms with Gasteiger partial charge in [-0.1, -0.05) is 18.5 Å². The van der Waals surface area contributed by atoms with E-state index in [4.69, 9.17) is 25.8 Å².